The highest BCUT2D eigenvalue weighted by Crippen LogP contribution is 2.41. The third-order valence-electron chi connectivity index (χ3n) is 5.12. The second-order valence-electron chi connectivity index (χ2n) is 7.37. The van der Waals surface area contributed by atoms with Crippen molar-refractivity contribution >= 4 is 23.1 Å². The smallest absolute Gasteiger partial charge is 0.311 e. The van der Waals surface area contributed by atoms with E-state index in [4.69, 9.17) is 4.74 Å². The van der Waals surface area contributed by atoms with Gasteiger partial charge in [-0.1, -0.05) is 19.9 Å². The van der Waals surface area contributed by atoms with Gasteiger partial charge in [-0.15, -0.1) is 0 Å². The van der Waals surface area contributed by atoms with Crippen LogP contribution in [0.2, 0.25) is 0 Å². The van der Waals surface area contributed by atoms with Crippen LogP contribution in [0.15, 0.2) is 48.0 Å². The zero-order valence-corrected chi connectivity index (χ0v) is 17.8. The molecule has 0 aromatic heterocycles. The van der Waals surface area contributed by atoms with Crippen molar-refractivity contribution in [1.29, 1.82) is 0 Å². The SMILES string of the molecule is CCCOc1ccc(/C(O)=C2/C(=O)C(=O)N(CCC)C2c2ccc(O)c([N+](=O)[O-])c2)cc1. The largest absolute Gasteiger partial charge is 0.507 e. The molecule has 1 fully saturated rings. The highest BCUT2D eigenvalue weighted by Gasteiger charge is 2.46. The van der Waals surface area contributed by atoms with Crippen LogP contribution in [0.1, 0.15) is 43.9 Å². The number of benzene rings is 2. The number of phenolic OH excluding ortho intramolecular Hbond substituents is 1. The van der Waals surface area contributed by atoms with Crippen molar-refractivity contribution in [3.63, 3.8) is 0 Å². The molecule has 0 spiro atoms. The lowest BCUT2D eigenvalue weighted by Gasteiger charge is -2.24. The molecule has 1 aliphatic heterocycles. The second kappa shape index (κ2) is 9.51. The third-order valence-corrected chi connectivity index (χ3v) is 5.12. The number of Topliss-reactive ketones (excluding diaryl/α,β-unsaturated/α-hetero) is 1. The van der Waals surface area contributed by atoms with Crippen LogP contribution in [0, 0.1) is 10.1 Å². The number of aromatic hydroxyl groups is 1. The Labute approximate surface area is 184 Å². The zero-order chi connectivity index (χ0) is 23.4. The average molecular weight is 440 g/mol. The Hall–Kier alpha value is -3.88. The molecule has 1 unspecified atom stereocenters. The van der Waals surface area contributed by atoms with Crippen LogP contribution in [0.25, 0.3) is 5.76 Å². The van der Waals surface area contributed by atoms with E-state index in [1.807, 2.05) is 13.8 Å². The summed E-state index contributed by atoms with van der Waals surface area (Å²) in [4.78, 5) is 37.4. The van der Waals surface area contributed by atoms with Gasteiger partial charge in [-0.3, -0.25) is 19.7 Å². The van der Waals surface area contributed by atoms with Crippen molar-refractivity contribution in [3.05, 3.63) is 69.3 Å². The van der Waals surface area contributed by atoms with Crippen LogP contribution >= 0.6 is 0 Å². The van der Waals surface area contributed by atoms with Gasteiger partial charge in [0.05, 0.1) is 23.1 Å². The van der Waals surface area contributed by atoms with Gasteiger partial charge in [0.2, 0.25) is 0 Å². The number of hydrogen-bond acceptors (Lipinski definition) is 7. The second-order valence-corrected chi connectivity index (χ2v) is 7.37. The molecular weight excluding hydrogens is 416 g/mol. The highest BCUT2D eigenvalue weighted by molar-refractivity contribution is 6.46. The van der Waals surface area contributed by atoms with E-state index < -0.39 is 34.1 Å². The molecular formula is C23H24N2O7. The lowest BCUT2D eigenvalue weighted by Crippen LogP contribution is -2.30. The van der Waals surface area contributed by atoms with Gasteiger partial charge in [0.1, 0.15) is 11.5 Å². The van der Waals surface area contributed by atoms with Crippen molar-refractivity contribution in [1.82, 2.24) is 4.90 Å². The molecule has 0 saturated carbocycles. The quantitative estimate of drug-likeness (QED) is 0.209. The van der Waals surface area contributed by atoms with Gasteiger partial charge >= 0.3 is 5.69 Å². The number of rotatable bonds is 8. The maximum absolute atomic E-state index is 12.9. The van der Waals surface area contributed by atoms with Gasteiger partial charge in [-0.25, -0.2) is 0 Å². The fourth-order valence-corrected chi connectivity index (χ4v) is 3.64. The van der Waals surface area contributed by atoms with E-state index in [0.717, 1.165) is 18.6 Å². The molecule has 2 N–H and O–H groups in total. The minimum atomic E-state index is -1.02. The number of aliphatic hydroxyl groups is 1. The van der Waals surface area contributed by atoms with Crippen molar-refractivity contribution in [3.8, 4) is 11.5 Å². The zero-order valence-electron chi connectivity index (χ0n) is 17.8. The molecule has 2 aromatic carbocycles. The summed E-state index contributed by atoms with van der Waals surface area (Å²) in [5.74, 6) is -1.99. The van der Waals surface area contributed by atoms with Crippen LogP contribution in [0.4, 0.5) is 5.69 Å². The molecule has 1 aliphatic rings. The first-order valence-corrected chi connectivity index (χ1v) is 10.3. The summed E-state index contributed by atoms with van der Waals surface area (Å²) < 4.78 is 5.53. The summed E-state index contributed by atoms with van der Waals surface area (Å²) in [6.07, 6.45) is 1.37. The van der Waals surface area contributed by atoms with Crippen LogP contribution in [0.5, 0.6) is 11.5 Å². The topological polar surface area (TPSA) is 130 Å². The number of nitrogens with zero attached hydrogens (tertiary/aromatic N) is 2. The van der Waals surface area contributed by atoms with E-state index in [-0.39, 0.29) is 23.4 Å². The fourth-order valence-electron chi connectivity index (χ4n) is 3.64. The number of ether oxygens (including phenoxy) is 1. The van der Waals surface area contributed by atoms with Crippen LogP contribution in [-0.4, -0.2) is 44.9 Å². The lowest BCUT2D eigenvalue weighted by atomic mass is 9.94. The molecule has 3 rings (SSSR count). The van der Waals surface area contributed by atoms with Crippen LogP contribution < -0.4 is 4.74 Å². The summed E-state index contributed by atoms with van der Waals surface area (Å²) in [5, 5.41) is 32.1. The number of nitro groups is 1. The van der Waals surface area contributed by atoms with E-state index in [2.05, 4.69) is 0 Å². The summed E-state index contributed by atoms with van der Waals surface area (Å²) in [5.41, 5.74) is -0.166. The fraction of sp³-hybridized carbons (Fsp3) is 0.304. The summed E-state index contributed by atoms with van der Waals surface area (Å²) in [7, 11) is 0. The number of ketones is 1. The van der Waals surface area contributed by atoms with Gasteiger partial charge < -0.3 is 19.8 Å². The van der Waals surface area contributed by atoms with Crippen molar-refractivity contribution in [2.75, 3.05) is 13.2 Å². The number of phenols is 1. The van der Waals surface area contributed by atoms with E-state index in [1.54, 1.807) is 24.3 Å². The number of likely N-dealkylation sites (tertiary alicyclic amines) is 1. The molecule has 168 valence electrons. The summed E-state index contributed by atoms with van der Waals surface area (Å²) >= 11 is 0. The minimum absolute atomic E-state index is 0.161. The van der Waals surface area contributed by atoms with Gasteiger partial charge in [0.15, 0.2) is 5.75 Å². The molecule has 2 aromatic rings. The molecule has 1 saturated heterocycles. The molecule has 9 heteroatoms. The van der Waals surface area contributed by atoms with E-state index >= 15 is 0 Å². The monoisotopic (exact) mass is 440 g/mol. The Morgan fingerprint density at radius 1 is 1.12 bits per heavy atom. The van der Waals surface area contributed by atoms with Gasteiger partial charge in [-0.2, -0.15) is 0 Å². The minimum Gasteiger partial charge on any atom is -0.507 e. The number of carbonyl (C=O) groups is 2. The molecule has 1 amide bonds. The summed E-state index contributed by atoms with van der Waals surface area (Å²) in [6, 6.07) is 9.07. The third kappa shape index (κ3) is 4.27. The van der Waals surface area contributed by atoms with Crippen molar-refractivity contribution < 1.29 is 29.5 Å². The number of aliphatic hydroxyl groups excluding tert-OH is 1. The van der Waals surface area contributed by atoms with E-state index in [0.29, 0.717) is 24.3 Å². The molecule has 1 atom stereocenters. The number of nitro benzene ring substituents is 1. The molecule has 0 aliphatic carbocycles. The Morgan fingerprint density at radius 3 is 2.41 bits per heavy atom. The maximum atomic E-state index is 12.9. The molecule has 32 heavy (non-hydrogen) atoms. The standard InChI is InChI=1S/C23H24N2O7/c1-3-11-24-20(15-7-10-18(26)17(13-15)25(30)31)19(22(28)23(24)29)21(27)14-5-8-16(9-6-14)32-12-4-2/h5-10,13,20,26-27H,3-4,11-12H2,1-2H3/b21-19-. The van der Waals surface area contributed by atoms with E-state index in [9.17, 15) is 29.9 Å². The predicted octanol–water partition coefficient (Wildman–Crippen LogP) is 3.92. The predicted molar refractivity (Wildman–Crippen MR) is 116 cm³/mol. The molecule has 9 nitrogen and oxygen atoms in total. The number of amides is 1. The van der Waals surface area contributed by atoms with Gasteiger partial charge in [-0.05, 0) is 48.7 Å². The molecule has 1 heterocycles. The Bertz CT molecular complexity index is 1080. The van der Waals surface area contributed by atoms with Crippen LogP contribution in [0.3, 0.4) is 0 Å². The average Bonchev–Trinajstić information content (AvgIpc) is 3.03. The Kier molecular flexibility index (Phi) is 6.77. The Morgan fingerprint density at radius 2 is 1.81 bits per heavy atom. The van der Waals surface area contributed by atoms with Gasteiger partial charge in [0, 0.05) is 18.2 Å². The highest BCUT2D eigenvalue weighted by atomic mass is 16.6. The van der Waals surface area contributed by atoms with Crippen LogP contribution in [-0.2, 0) is 9.59 Å². The number of carbonyl (C=O) groups excluding carboxylic acids is 2. The Balaban J connectivity index is 2.13. The lowest BCUT2D eigenvalue weighted by molar-refractivity contribution is -0.385. The maximum Gasteiger partial charge on any atom is 0.311 e. The first kappa shape index (κ1) is 22.8. The molecule has 0 radical (unpaired) electrons. The van der Waals surface area contributed by atoms with Crippen molar-refractivity contribution in [2.24, 2.45) is 0 Å². The summed E-state index contributed by atoms with van der Waals surface area (Å²) in [6.45, 7) is 4.55. The number of hydrogen-bond donors (Lipinski definition) is 2. The first-order chi connectivity index (χ1) is 15.3. The normalized spacial score (nSPS) is 17.6. The van der Waals surface area contributed by atoms with Crippen molar-refractivity contribution in [2.45, 2.75) is 32.7 Å². The first-order valence-electron chi connectivity index (χ1n) is 10.3. The molecule has 0 bridgehead atoms. The van der Waals surface area contributed by atoms with Gasteiger partial charge in [0.25, 0.3) is 11.7 Å². The van der Waals surface area contributed by atoms with E-state index in [1.165, 1.54) is 11.0 Å².